The molecule has 0 aliphatic heterocycles. The molecule has 0 heterocycles. The molecule has 2 unspecified atom stereocenters. The highest BCUT2D eigenvalue weighted by molar-refractivity contribution is 5.76. The van der Waals surface area contributed by atoms with Crippen molar-refractivity contribution in [3.8, 4) is 0 Å². The zero-order valence-corrected chi connectivity index (χ0v) is 10.9. The van der Waals surface area contributed by atoms with Gasteiger partial charge in [0.25, 0.3) is 0 Å². The topological polar surface area (TPSA) is 46.3 Å². The Balaban J connectivity index is 2.25. The minimum atomic E-state index is 0.272. The third-order valence-corrected chi connectivity index (χ3v) is 3.76. The van der Waals surface area contributed by atoms with Crippen molar-refractivity contribution < 1.29 is 4.79 Å². The van der Waals surface area contributed by atoms with Crippen LogP contribution in [0.2, 0.25) is 0 Å². The summed E-state index contributed by atoms with van der Waals surface area (Å²) < 4.78 is 0. The summed E-state index contributed by atoms with van der Waals surface area (Å²) in [6.45, 7) is 4.10. The van der Waals surface area contributed by atoms with E-state index < -0.39 is 0 Å². The Morgan fingerprint density at radius 3 is 2.69 bits per heavy atom. The Morgan fingerprint density at radius 1 is 1.44 bits per heavy atom. The zero-order valence-electron chi connectivity index (χ0n) is 10.9. The molecule has 16 heavy (non-hydrogen) atoms. The first kappa shape index (κ1) is 13.5. The molecule has 3 heteroatoms. The largest absolute Gasteiger partial charge is 0.343 e. The molecule has 1 amide bonds. The minimum absolute atomic E-state index is 0.272. The summed E-state index contributed by atoms with van der Waals surface area (Å²) in [5, 5.41) is 0. The van der Waals surface area contributed by atoms with Gasteiger partial charge in [0.1, 0.15) is 0 Å². The SMILES string of the molecule is CC(C)N(C)C(=O)CCC1CCCC(N)C1. The number of carbonyl (C=O) groups excluding carboxylic acids is 1. The lowest BCUT2D eigenvalue weighted by molar-refractivity contribution is -0.131. The summed E-state index contributed by atoms with van der Waals surface area (Å²) >= 11 is 0. The molecule has 0 radical (unpaired) electrons. The van der Waals surface area contributed by atoms with Crippen molar-refractivity contribution in [2.75, 3.05) is 7.05 Å². The van der Waals surface area contributed by atoms with Crippen LogP contribution in [-0.4, -0.2) is 29.9 Å². The van der Waals surface area contributed by atoms with Gasteiger partial charge in [-0.05, 0) is 39.0 Å². The highest BCUT2D eigenvalue weighted by atomic mass is 16.2. The number of nitrogens with two attached hydrogens (primary N) is 1. The van der Waals surface area contributed by atoms with Crippen molar-refractivity contribution in [3.05, 3.63) is 0 Å². The van der Waals surface area contributed by atoms with Crippen molar-refractivity contribution in [2.45, 2.75) is 64.5 Å². The van der Waals surface area contributed by atoms with Crippen molar-refractivity contribution >= 4 is 5.91 Å². The molecule has 2 N–H and O–H groups in total. The standard InChI is InChI=1S/C13H26N2O/c1-10(2)15(3)13(16)8-7-11-5-4-6-12(14)9-11/h10-12H,4-9,14H2,1-3H3. The molecule has 2 atom stereocenters. The number of nitrogens with zero attached hydrogens (tertiary/aromatic N) is 1. The van der Waals surface area contributed by atoms with Crippen molar-refractivity contribution in [1.29, 1.82) is 0 Å². The molecular weight excluding hydrogens is 200 g/mol. The first-order valence-corrected chi connectivity index (χ1v) is 6.52. The van der Waals surface area contributed by atoms with Crippen LogP contribution in [-0.2, 0) is 4.79 Å². The van der Waals surface area contributed by atoms with E-state index in [0.29, 0.717) is 24.4 Å². The van der Waals surface area contributed by atoms with Gasteiger partial charge in [0.15, 0.2) is 0 Å². The van der Waals surface area contributed by atoms with Gasteiger partial charge in [0, 0.05) is 25.6 Å². The van der Waals surface area contributed by atoms with E-state index in [9.17, 15) is 4.79 Å². The second-order valence-electron chi connectivity index (χ2n) is 5.43. The van der Waals surface area contributed by atoms with Gasteiger partial charge in [0.05, 0.1) is 0 Å². The Bertz CT molecular complexity index is 228. The fourth-order valence-electron chi connectivity index (χ4n) is 2.39. The Labute approximate surface area is 99.4 Å². The summed E-state index contributed by atoms with van der Waals surface area (Å²) in [5.41, 5.74) is 5.94. The molecule has 0 aromatic rings. The average Bonchev–Trinajstić information content (AvgIpc) is 2.24. The van der Waals surface area contributed by atoms with Crippen molar-refractivity contribution in [3.63, 3.8) is 0 Å². The minimum Gasteiger partial charge on any atom is -0.343 e. The zero-order chi connectivity index (χ0) is 12.1. The fourth-order valence-corrected chi connectivity index (χ4v) is 2.39. The van der Waals surface area contributed by atoms with Crippen LogP contribution in [0.3, 0.4) is 0 Å². The van der Waals surface area contributed by atoms with Gasteiger partial charge in [0.2, 0.25) is 5.91 Å². The van der Waals surface area contributed by atoms with Gasteiger partial charge in [-0.2, -0.15) is 0 Å². The van der Waals surface area contributed by atoms with Gasteiger partial charge in [-0.25, -0.2) is 0 Å². The molecule has 1 saturated carbocycles. The quantitative estimate of drug-likeness (QED) is 0.798. The number of hydrogen-bond donors (Lipinski definition) is 1. The van der Waals surface area contributed by atoms with Crippen LogP contribution in [0, 0.1) is 5.92 Å². The van der Waals surface area contributed by atoms with Gasteiger partial charge < -0.3 is 10.6 Å². The van der Waals surface area contributed by atoms with Crippen LogP contribution in [0.1, 0.15) is 52.4 Å². The molecule has 0 spiro atoms. The third-order valence-electron chi connectivity index (χ3n) is 3.76. The number of carbonyl (C=O) groups is 1. The van der Waals surface area contributed by atoms with Crippen LogP contribution in [0.4, 0.5) is 0 Å². The van der Waals surface area contributed by atoms with E-state index in [2.05, 4.69) is 13.8 Å². The molecule has 1 aliphatic rings. The molecule has 3 nitrogen and oxygen atoms in total. The Kier molecular flexibility index (Phi) is 5.26. The van der Waals surface area contributed by atoms with Gasteiger partial charge >= 0.3 is 0 Å². The summed E-state index contributed by atoms with van der Waals surface area (Å²) in [6, 6.07) is 0.679. The predicted molar refractivity (Wildman–Crippen MR) is 67.1 cm³/mol. The van der Waals surface area contributed by atoms with Crippen molar-refractivity contribution in [1.82, 2.24) is 4.90 Å². The maximum Gasteiger partial charge on any atom is 0.222 e. The maximum absolute atomic E-state index is 11.8. The summed E-state index contributed by atoms with van der Waals surface area (Å²) in [5.74, 6) is 0.947. The van der Waals surface area contributed by atoms with E-state index in [1.54, 1.807) is 0 Å². The molecule has 0 aromatic carbocycles. The molecule has 0 aromatic heterocycles. The monoisotopic (exact) mass is 226 g/mol. The molecule has 1 fully saturated rings. The van der Waals surface area contributed by atoms with Gasteiger partial charge in [-0.1, -0.05) is 12.8 Å². The second kappa shape index (κ2) is 6.24. The summed E-state index contributed by atoms with van der Waals surface area (Å²) in [6.07, 6.45) is 6.47. The fraction of sp³-hybridized carbons (Fsp3) is 0.923. The van der Waals surface area contributed by atoms with E-state index in [1.165, 1.54) is 12.8 Å². The van der Waals surface area contributed by atoms with Gasteiger partial charge in [-0.3, -0.25) is 4.79 Å². The highest BCUT2D eigenvalue weighted by Gasteiger charge is 2.21. The van der Waals surface area contributed by atoms with E-state index in [-0.39, 0.29) is 5.91 Å². The number of rotatable bonds is 4. The van der Waals surface area contributed by atoms with Crippen LogP contribution in [0.5, 0.6) is 0 Å². The van der Waals surface area contributed by atoms with Crippen LogP contribution in [0.15, 0.2) is 0 Å². The van der Waals surface area contributed by atoms with E-state index in [4.69, 9.17) is 5.73 Å². The van der Waals surface area contributed by atoms with E-state index in [1.807, 2.05) is 11.9 Å². The predicted octanol–water partition coefficient (Wildman–Crippen LogP) is 2.15. The molecule has 1 aliphatic carbocycles. The van der Waals surface area contributed by atoms with Crippen LogP contribution < -0.4 is 5.73 Å². The number of amides is 1. The first-order valence-electron chi connectivity index (χ1n) is 6.52. The Morgan fingerprint density at radius 2 is 2.12 bits per heavy atom. The second-order valence-corrected chi connectivity index (χ2v) is 5.43. The molecular formula is C13H26N2O. The molecule has 0 saturated heterocycles. The normalized spacial score (nSPS) is 25.8. The highest BCUT2D eigenvalue weighted by Crippen LogP contribution is 2.27. The van der Waals surface area contributed by atoms with Crippen LogP contribution in [0.25, 0.3) is 0 Å². The number of hydrogen-bond acceptors (Lipinski definition) is 2. The summed E-state index contributed by atoms with van der Waals surface area (Å²) in [4.78, 5) is 13.6. The average molecular weight is 226 g/mol. The molecule has 0 bridgehead atoms. The first-order chi connectivity index (χ1) is 7.50. The lowest BCUT2D eigenvalue weighted by atomic mass is 9.83. The maximum atomic E-state index is 11.8. The Hall–Kier alpha value is -0.570. The van der Waals surface area contributed by atoms with E-state index >= 15 is 0 Å². The van der Waals surface area contributed by atoms with Crippen LogP contribution >= 0.6 is 0 Å². The molecule has 94 valence electrons. The van der Waals surface area contributed by atoms with Crippen molar-refractivity contribution in [2.24, 2.45) is 11.7 Å². The van der Waals surface area contributed by atoms with Gasteiger partial charge in [-0.15, -0.1) is 0 Å². The lowest BCUT2D eigenvalue weighted by Gasteiger charge is -2.27. The smallest absolute Gasteiger partial charge is 0.222 e. The molecule has 1 rings (SSSR count). The lowest BCUT2D eigenvalue weighted by Crippen LogP contribution is -2.34. The van der Waals surface area contributed by atoms with E-state index in [0.717, 1.165) is 19.3 Å². The third kappa shape index (κ3) is 4.12. The summed E-state index contributed by atoms with van der Waals surface area (Å²) in [7, 11) is 1.89.